The van der Waals surface area contributed by atoms with Crippen LogP contribution in [0, 0.1) is 5.92 Å². The number of carbonyl (C=O) groups excluding carboxylic acids is 2. The van der Waals surface area contributed by atoms with Gasteiger partial charge in [0, 0.05) is 10.4 Å². The van der Waals surface area contributed by atoms with Crippen molar-refractivity contribution in [3.63, 3.8) is 0 Å². The summed E-state index contributed by atoms with van der Waals surface area (Å²) in [6.07, 6.45) is 3.13. The molecule has 2 aromatic rings. The summed E-state index contributed by atoms with van der Waals surface area (Å²) in [5.41, 5.74) is 6.32. The SMILES string of the molecule is CC(C)[C@@H](C(N)=O)N(C(=O)OC1CCCC1)C(C)c1cc2cc(Cl)ccc2o1. The highest BCUT2D eigenvalue weighted by Crippen LogP contribution is 2.33. The lowest BCUT2D eigenvalue weighted by Crippen LogP contribution is -2.52. The Morgan fingerprint density at radius 3 is 2.50 bits per heavy atom. The van der Waals surface area contributed by atoms with Crippen molar-refractivity contribution in [3.05, 3.63) is 35.0 Å². The molecule has 1 aromatic heterocycles. The first-order valence-corrected chi connectivity index (χ1v) is 10.1. The Bertz CT molecular complexity index is 857. The molecular formula is C21H27ClN2O4. The molecule has 0 radical (unpaired) electrons. The number of halogens is 1. The van der Waals surface area contributed by atoms with E-state index in [2.05, 4.69) is 0 Å². The third kappa shape index (κ3) is 4.27. The molecule has 3 rings (SSSR count). The summed E-state index contributed by atoms with van der Waals surface area (Å²) in [6, 6.07) is 5.82. The van der Waals surface area contributed by atoms with E-state index in [0.29, 0.717) is 16.4 Å². The summed E-state index contributed by atoms with van der Waals surface area (Å²) in [7, 11) is 0. The molecule has 2 atom stereocenters. The van der Waals surface area contributed by atoms with E-state index < -0.39 is 24.1 Å². The van der Waals surface area contributed by atoms with Gasteiger partial charge in [-0.25, -0.2) is 4.79 Å². The van der Waals surface area contributed by atoms with Gasteiger partial charge >= 0.3 is 6.09 Å². The summed E-state index contributed by atoms with van der Waals surface area (Å²) in [5.74, 6) is -0.188. The molecule has 1 saturated carbocycles. The lowest BCUT2D eigenvalue weighted by atomic mass is 10.00. The van der Waals surface area contributed by atoms with Crippen LogP contribution in [-0.4, -0.2) is 29.0 Å². The van der Waals surface area contributed by atoms with Crippen LogP contribution in [0.3, 0.4) is 0 Å². The van der Waals surface area contributed by atoms with Gasteiger partial charge < -0.3 is 14.9 Å². The highest BCUT2D eigenvalue weighted by molar-refractivity contribution is 6.31. The number of ether oxygens (including phenoxy) is 1. The lowest BCUT2D eigenvalue weighted by Gasteiger charge is -2.35. The van der Waals surface area contributed by atoms with Crippen molar-refractivity contribution in [1.82, 2.24) is 4.90 Å². The average Bonchev–Trinajstić information content (AvgIpc) is 3.27. The quantitative estimate of drug-likeness (QED) is 0.728. The lowest BCUT2D eigenvalue weighted by molar-refractivity contribution is -0.125. The number of nitrogens with two attached hydrogens (primary N) is 1. The zero-order valence-electron chi connectivity index (χ0n) is 16.5. The molecular weight excluding hydrogens is 380 g/mol. The van der Waals surface area contributed by atoms with Crippen LogP contribution in [0.1, 0.15) is 58.3 Å². The first-order chi connectivity index (χ1) is 13.3. The predicted octanol–water partition coefficient (Wildman–Crippen LogP) is 5.04. The van der Waals surface area contributed by atoms with Crippen LogP contribution in [-0.2, 0) is 9.53 Å². The molecule has 1 unspecified atom stereocenters. The normalized spacial score (nSPS) is 17.0. The van der Waals surface area contributed by atoms with Gasteiger partial charge in [-0.2, -0.15) is 0 Å². The second kappa shape index (κ2) is 8.43. The van der Waals surface area contributed by atoms with Crippen LogP contribution in [0.5, 0.6) is 0 Å². The minimum absolute atomic E-state index is 0.114. The Labute approximate surface area is 169 Å². The molecule has 1 aromatic carbocycles. The Morgan fingerprint density at radius 1 is 1.21 bits per heavy atom. The number of primary amides is 1. The first-order valence-electron chi connectivity index (χ1n) is 9.75. The van der Waals surface area contributed by atoms with Crippen LogP contribution in [0.15, 0.2) is 28.7 Å². The molecule has 152 valence electrons. The maximum atomic E-state index is 13.1. The topological polar surface area (TPSA) is 85.8 Å². The number of carbonyl (C=O) groups is 2. The molecule has 1 fully saturated rings. The van der Waals surface area contributed by atoms with E-state index in [4.69, 9.17) is 26.5 Å². The number of nitrogens with zero attached hydrogens (tertiary/aromatic N) is 1. The van der Waals surface area contributed by atoms with E-state index in [0.717, 1.165) is 31.1 Å². The Kier molecular flexibility index (Phi) is 6.18. The zero-order chi connectivity index (χ0) is 20.4. The second-order valence-corrected chi connectivity index (χ2v) is 8.23. The van der Waals surface area contributed by atoms with Gasteiger partial charge in [0.25, 0.3) is 0 Å². The fraction of sp³-hybridized carbons (Fsp3) is 0.524. The van der Waals surface area contributed by atoms with Crippen molar-refractivity contribution in [2.24, 2.45) is 11.7 Å². The van der Waals surface area contributed by atoms with Crippen LogP contribution in [0.2, 0.25) is 5.02 Å². The Hall–Kier alpha value is -2.21. The van der Waals surface area contributed by atoms with E-state index in [-0.39, 0.29) is 12.0 Å². The van der Waals surface area contributed by atoms with Crippen LogP contribution in [0.25, 0.3) is 11.0 Å². The largest absolute Gasteiger partial charge is 0.459 e. The number of hydrogen-bond acceptors (Lipinski definition) is 4. The van der Waals surface area contributed by atoms with Gasteiger partial charge in [-0.15, -0.1) is 0 Å². The van der Waals surface area contributed by atoms with Gasteiger partial charge in [0.05, 0.1) is 6.04 Å². The van der Waals surface area contributed by atoms with E-state index in [1.807, 2.05) is 26.8 Å². The summed E-state index contributed by atoms with van der Waals surface area (Å²) >= 11 is 6.06. The molecule has 2 amide bonds. The summed E-state index contributed by atoms with van der Waals surface area (Å²) in [5, 5.41) is 1.43. The Morgan fingerprint density at radius 2 is 1.89 bits per heavy atom. The Balaban J connectivity index is 1.95. The summed E-state index contributed by atoms with van der Waals surface area (Å²) in [6.45, 7) is 5.53. The van der Waals surface area contributed by atoms with Crippen molar-refractivity contribution in [2.45, 2.75) is 64.6 Å². The van der Waals surface area contributed by atoms with Gasteiger partial charge in [0.1, 0.15) is 23.5 Å². The van der Waals surface area contributed by atoms with Crippen LogP contribution < -0.4 is 5.73 Å². The van der Waals surface area contributed by atoms with E-state index in [1.54, 1.807) is 18.2 Å². The number of rotatable bonds is 6. The van der Waals surface area contributed by atoms with E-state index in [9.17, 15) is 9.59 Å². The third-order valence-corrected chi connectivity index (χ3v) is 5.56. The number of amides is 2. The number of furan rings is 1. The molecule has 7 heteroatoms. The number of hydrogen-bond donors (Lipinski definition) is 1. The van der Waals surface area contributed by atoms with Crippen LogP contribution in [0.4, 0.5) is 4.79 Å². The molecule has 2 N–H and O–H groups in total. The third-order valence-electron chi connectivity index (χ3n) is 5.33. The number of benzene rings is 1. The van der Waals surface area contributed by atoms with Crippen molar-refractivity contribution >= 4 is 34.6 Å². The van der Waals surface area contributed by atoms with Crippen molar-refractivity contribution in [3.8, 4) is 0 Å². The van der Waals surface area contributed by atoms with Crippen LogP contribution >= 0.6 is 11.6 Å². The van der Waals surface area contributed by atoms with Gasteiger partial charge in [0.15, 0.2) is 0 Å². The molecule has 1 aliphatic carbocycles. The standard InChI is InChI=1S/C21H27ClN2O4/c1-12(2)19(20(23)25)24(21(26)27-16-6-4-5-7-16)13(3)18-11-14-10-15(22)8-9-17(14)28-18/h8-13,16,19H,4-7H2,1-3H3,(H2,23,25)/t13?,19-/m0/s1. The van der Waals surface area contributed by atoms with Crippen molar-refractivity contribution in [1.29, 1.82) is 0 Å². The smallest absolute Gasteiger partial charge is 0.411 e. The molecule has 0 bridgehead atoms. The molecule has 1 heterocycles. The van der Waals surface area contributed by atoms with Crippen molar-refractivity contribution < 1.29 is 18.7 Å². The maximum absolute atomic E-state index is 13.1. The maximum Gasteiger partial charge on any atom is 0.411 e. The second-order valence-electron chi connectivity index (χ2n) is 7.80. The van der Waals surface area contributed by atoms with Gasteiger partial charge in [-0.1, -0.05) is 25.4 Å². The predicted molar refractivity (Wildman–Crippen MR) is 108 cm³/mol. The molecule has 28 heavy (non-hydrogen) atoms. The zero-order valence-corrected chi connectivity index (χ0v) is 17.2. The van der Waals surface area contributed by atoms with Gasteiger partial charge in [-0.05, 0) is 62.8 Å². The fourth-order valence-corrected chi connectivity index (χ4v) is 4.07. The molecule has 0 aliphatic heterocycles. The molecule has 1 aliphatic rings. The van der Waals surface area contributed by atoms with E-state index >= 15 is 0 Å². The fourth-order valence-electron chi connectivity index (χ4n) is 3.89. The minimum atomic E-state index is -0.805. The minimum Gasteiger partial charge on any atom is -0.459 e. The first kappa shape index (κ1) is 20.5. The number of fused-ring (bicyclic) bond motifs is 1. The highest BCUT2D eigenvalue weighted by Gasteiger charge is 2.38. The van der Waals surface area contributed by atoms with Gasteiger partial charge in [-0.3, -0.25) is 9.69 Å². The molecule has 0 spiro atoms. The van der Waals surface area contributed by atoms with E-state index in [1.165, 1.54) is 4.90 Å². The van der Waals surface area contributed by atoms with Gasteiger partial charge in [0.2, 0.25) is 5.91 Å². The van der Waals surface area contributed by atoms with Crippen molar-refractivity contribution in [2.75, 3.05) is 0 Å². The molecule has 0 saturated heterocycles. The summed E-state index contributed by atoms with van der Waals surface area (Å²) < 4.78 is 11.6. The highest BCUT2D eigenvalue weighted by atomic mass is 35.5. The average molecular weight is 407 g/mol. The molecule has 6 nitrogen and oxygen atoms in total. The monoisotopic (exact) mass is 406 g/mol. The summed E-state index contributed by atoms with van der Waals surface area (Å²) in [4.78, 5) is 26.7.